The molecule has 1 N–H and O–H groups in total. The molecule has 0 amide bonds. The third-order valence-corrected chi connectivity index (χ3v) is 2.33. The summed E-state index contributed by atoms with van der Waals surface area (Å²) >= 11 is 1.13. The zero-order valence-electron chi connectivity index (χ0n) is 7.32. The van der Waals surface area contributed by atoms with Crippen molar-refractivity contribution in [1.29, 1.82) is 0 Å². The van der Waals surface area contributed by atoms with Crippen LogP contribution in [0.25, 0.3) is 16.8 Å². The topological polar surface area (TPSA) is 97.6 Å². The molecule has 0 aliphatic rings. The molecule has 0 atom stereocenters. The van der Waals surface area contributed by atoms with Gasteiger partial charge in [-0.1, -0.05) is 4.49 Å². The van der Waals surface area contributed by atoms with Crippen LogP contribution in [0.5, 0.6) is 0 Å². The van der Waals surface area contributed by atoms with Crippen molar-refractivity contribution in [1.82, 2.24) is 19.6 Å². The maximum absolute atomic E-state index is 10.1. The fourth-order valence-corrected chi connectivity index (χ4v) is 1.60. The Hall–Kier alpha value is -2.09. The number of nitrogens with zero attached hydrogens (tertiary/aromatic N) is 4. The standard InChI is InChI=1S/C7H5N5O2S/c13-12(14)4-1-5-6(15-11-10-5)7-8-2-3-9-7/h1-4H,(H,8,9). The summed E-state index contributed by atoms with van der Waals surface area (Å²) in [4.78, 5) is 17.2. The van der Waals surface area contributed by atoms with Crippen LogP contribution in [0.15, 0.2) is 18.6 Å². The van der Waals surface area contributed by atoms with Crippen molar-refractivity contribution in [2.45, 2.75) is 0 Å². The van der Waals surface area contributed by atoms with Crippen LogP contribution in [0.2, 0.25) is 0 Å². The predicted molar refractivity (Wildman–Crippen MR) is 53.5 cm³/mol. The van der Waals surface area contributed by atoms with Gasteiger partial charge in [0.2, 0.25) is 6.20 Å². The monoisotopic (exact) mass is 223 g/mol. The number of hydrogen-bond donors (Lipinski definition) is 1. The Morgan fingerprint density at radius 2 is 2.47 bits per heavy atom. The maximum atomic E-state index is 10.1. The first kappa shape index (κ1) is 9.46. The number of H-pyrrole nitrogens is 1. The van der Waals surface area contributed by atoms with Gasteiger partial charge in [-0.15, -0.1) is 5.10 Å². The van der Waals surface area contributed by atoms with Crippen molar-refractivity contribution in [3.8, 4) is 10.7 Å². The smallest absolute Gasteiger partial charge is 0.236 e. The fraction of sp³-hybridized carbons (Fsp3) is 0. The molecular weight excluding hydrogens is 218 g/mol. The van der Waals surface area contributed by atoms with Gasteiger partial charge in [-0.3, -0.25) is 10.1 Å². The normalized spacial score (nSPS) is 10.9. The van der Waals surface area contributed by atoms with Crippen molar-refractivity contribution in [2.75, 3.05) is 0 Å². The summed E-state index contributed by atoms with van der Waals surface area (Å²) in [5.74, 6) is 0.605. The molecule has 0 spiro atoms. The van der Waals surface area contributed by atoms with Gasteiger partial charge >= 0.3 is 0 Å². The number of nitro groups is 1. The Balaban J connectivity index is 2.34. The van der Waals surface area contributed by atoms with E-state index in [4.69, 9.17) is 0 Å². The van der Waals surface area contributed by atoms with Crippen molar-refractivity contribution >= 4 is 17.6 Å². The second-order valence-corrected chi connectivity index (χ2v) is 3.28. The number of hydrogen-bond acceptors (Lipinski definition) is 6. The average molecular weight is 223 g/mol. The maximum Gasteiger partial charge on any atom is 0.236 e. The Morgan fingerprint density at radius 1 is 1.60 bits per heavy atom. The predicted octanol–water partition coefficient (Wildman–Crippen LogP) is 1.18. The Morgan fingerprint density at radius 3 is 3.13 bits per heavy atom. The van der Waals surface area contributed by atoms with Gasteiger partial charge in [0.25, 0.3) is 0 Å². The third kappa shape index (κ3) is 2.05. The Bertz CT molecular complexity index is 489. The number of nitrogens with one attached hydrogen (secondary N) is 1. The molecule has 2 rings (SSSR count). The van der Waals surface area contributed by atoms with Crippen LogP contribution in [0.1, 0.15) is 5.69 Å². The van der Waals surface area contributed by atoms with E-state index in [0.717, 1.165) is 17.7 Å². The zero-order valence-corrected chi connectivity index (χ0v) is 8.14. The van der Waals surface area contributed by atoms with E-state index in [1.54, 1.807) is 12.4 Å². The molecule has 0 saturated heterocycles. The number of aromatic amines is 1. The molecule has 2 aromatic rings. The highest BCUT2D eigenvalue weighted by Crippen LogP contribution is 2.23. The summed E-state index contributed by atoms with van der Waals surface area (Å²) in [6, 6.07) is 0. The minimum atomic E-state index is -0.550. The van der Waals surface area contributed by atoms with Gasteiger partial charge in [-0.05, 0) is 11.5 Å². The second-order valence-electron chi connectivity index (χ2n) is 2.53. The van der Waals surface area contributed by atoms with E-state index in [-0.39, 0.29) is 0 Å². The van der Waals surface area contributed by atoms with Crippen molar-refractivity contribution in [3.05, 3.63) is 34.4 Å². The fourth-order valence-electron chi connectivity index (χ4n) is 0.992. The highest BCUT2D eigenvalue weighted by Gasteiger charge is 2.10. The summed E-state index contributed by atoms with van der Waals surface area (Å²) in [5.41, 5.74) is 0.437. The summed E-state index contributed by atoms with van der Waals surface area (Å²) in [5, 5.41) is 13.9. The van der Waals surface area contributed by atoms with Gasteiger partial charge in [0.05, 0.1) is 4.92 Å². The first-order chi connectivity index (χ1) is 7.27. The van der Waals surface area contributed by atoms with E-state index in [1.165, 1.54) is 6.08 Å². The lowest BCUT2D eigenvalue weighted by molar-refractivity contribution is -0.400. The van der Waals surface area contributed by atoms with E-state index >= 15 is 0 Å². The number of imidazole rings is 1. The molecule has 0 unspecified atom stereocenters. The molecule has 2 aromatic heterocycles. The number of aromatic nitrogens is 4. The van der Waals surface area contributed by atoms with Crippen molar-refractivity contribution in [3.63, 3.8) is 0 Å². The first-order valence-electron chi connectivity index (χ1n) is 3.91. The van der Waals surface area contributed by atoms with Gasteiger partial charge in [-0.2, -0.15) is 0 Å². The van der Waals surface area contributed by atoms with Crippen LogP contribution in [0.3, 0.4) is 0 Å². The third-order valence-electron chi connectivity index (χ3n) is 1.58. The summed E-state index contributed by atoms with van der Waals surface area (Å²) in [6.07, 6.45) is 5.37. The molecule has 0 aliphatic carbocycles. The van der Waals surface area contributed by atoms with Crippen LogP contribution in [-0.2, 0) is 0 Å². The largest absolute Gasteiger partial charge is 0.344 e. The molecular formula is C7H5N5O2S. The van der Waals surface area contributed by atoms with Gasteiger partial charge in [0.15, 0.2) is 5.82 Å². The highest BCUT2D eigenvalue weighted by atomic mass is 32.1. The summed E-state index contributed by atoms with van der Waals surface area (Å²) < 4.78 is 3.71. The molecule has 0 fully saturated rings. The second kappa shape index (κ2) is 3.96. The molecule has 0 aliphatic heterocycles. The lowest BCUT2D eigenvalue weighted by Crippen LogP contribution is -1.85. The summed E-state index contributed by atoms with van der Waals surface area (Å²) in [6.45, 7) is 0. The van der Waals surface area contributed by atoms with E-state index in [1.807, 2.05) is 0 Å². The minimum absolute atomic E-state index is 0.437. The molecule has 0 saturated carbocycles. The highest BCUT2D eigenvalue weighted by molar-refractivity contribution is 7.09. The quantitative estimate of drug-likeness (QED) is 0.622. The molecule has 15 heavy (non-hydrogen) atoms. The van der Waals surface area contributed by atoms with Crippen molar-refractivity contribution in [2.24, 2.45) is 0 Å². The van der Waals surface area contributed by atoms with Gasteiger partial charge < -0.3 is 4.98 Å². The van der Waals surface area contributed by atoms with Gasteiger partial charge in [-0.25, -0.2) is 4.98 Å². The molecule has 0 bridgehead atoms. The molecule has 7 nitrogen and oxygen atoms in total. The molecule has 0 radical (unpaired) electrons. The van der Waals surface area contributed by atoms with E-state index < -0.39 is 4.92 Å². The van der Waals surface area contributed by atoms with Crippen molar-refractivity contribution < 1.29 is 4.92 Å². The van der Waals surface area contributed by atoms with Crippen LogP contribution < -0.4 is 0 Å². The van der Waals surface area contributed by atoms with Crippen LogP contribution in [0, 0.1) is 10.1 Å². The number of rotatable bonds is 3. The van der Waals surface area contributed by atoms with E-state index in [2.05, 4.69) is 19.6 Å². The van der Waals surface area contributed by atoms with E-state index in [0.29, 0.717) is 16.4 Å². The molecule has 0 aromatic carbocycles. The zero-order chi connectivity index (χ0) is 10.7. The average Bonchev–Trinajstić information content (AvgIpc) is 2.85. The molecule has 2 heterocycles. The lowest BCUT2D eigenvalue weighted by atomic mass is 10.3. The lowest BCUT2D eigenvalue weighted by Gasteiger charge is -1.89. The first-order valence-corrected chi connectivity index (χ1v) is 4.68. The van der Waals surface area contributed by atoms with Crippen LogP contribution in [0.4, 0.5) is 0 Å². The van der Waals surface area contributed by atoms with Crippen LogP contribution >= 0.6 is 11.5 Å². The van der Waals surface area contributed by atoms with Gasteiger partial charge in [0, 0.05) is 18.5 Å². The summed E-state index contributed by atoms with van der Waals surface area (Å²) in [7, 11) is 0. The van der Waals surface area contributed by atoms with Crippen LogP contribution in [-0.4, -0.2) is 24.5 Å². The Labute approximate surface area is 87.8 Å². The Kier molecular flexibility index (Phi) is 2.50. The molecule has 76 valence electrons. The minimum Gasteiger partial charge on any atom is -0.344 e. The molecule has 8 heteroatoms. The SMILES string of the molecule is O=[N+]([O-])C=Cc1nnsc1-c1ncc[nH]1. The van der Waals surface area contributed by atoms with Gasteiger partial charge in [0.1, 0.15) is 10.6 Å². The van der Waals surface area contributed by atoms with E-state index in [9.17, 15) is 10.1 Å².